The zero-order valence-corrected chi connectivity index (χ0v) is 23.4. The van der Waals surface area contributed by atoms with E-state index < -0.39 is 0 Å². The summed E-state index contributed by atoms with van der Waals surface area (Å²) in [5.74, 6) is 2.36. The SMILES string of the molecule is NCCOCCOCCNC(=O)Cc1ccc(Nc2nc(NCCCO)nc(NCc3cccc4c3OCO4)n2)cc1. The number of hydrogen-bond donors (Lipinski definition) is 6. The molecule has 2 aromatic carbocycles. The number of fused-ring (bicyclic) bond motifs is 1. The molecule has 4 rings (SSSR count). The molecule has 1 amide bonds. The summed E-state index contributed by atoms with van der Waals surface area (Å²) in [5, 5.41) is 21.5. The number of amides is 1. The Bertz CT molecular complexity index is 1260. The molecule has 226 valence electrons. The molecule has 0 aliphatic carbocycles. The standard InChI is InChI=1S/C28H38N8O6/c29-9-13-39-15-16-40-14-11-30-24(38)17-20-5-7-22(8-6-20)33-28-35-26(31-10-2-12-37)34-27(36-28)32-18-21-3-1-4-23-25(21)42-19-41-23/h1,3-8,37H,2,9-19,29H2,(H,30,38)(H3,31,32,33,34,35,36). The maximum Gasteiger partial charge on any atom is 0.233 e. The molecule has 1 aromatic heterocycles. The van der Waals surface area contributed by atoms with Gasteiger partial charge in [-0.1, -0.05) is 24.3 Å². The first-order chi connectivity index (χ1) is 20.6. The lowest BCUT2D eigenvalue weighted by atomic mass is 10.1. The van der Waals surface area contributed by atoms with Gasteiger partial charge in [-0.05, 0) is 30.2 Å². The summed E-state index contributed by atoms with van der Waals surface area (Å²) in [6, 6.07) is 13.1. The molecule has 14 nitrogen and oxygen atoms in total. The molecule has 7 N–H and O–H groups in total. The number of anilines is 4. The Balaban J connectivity index is 1.30. The van der Waals surface area contributed by atoms with Gasteiger partial charge in [0.05, 0.1) is 32.8 Å². The number of para-hydroxylation sites is 1. The second-order valence-corrected chi connectivity index (χ2v) is 9.18. The Morgan fingerprint density at radius 2 is 1.67 bits per heavy atom. The van der Waals surface area contributed by atoms with E-state index in [0.717, 1.165) is 16.8 Å². The average Bonchev–Trinajstić information content (AvgIpc) is 3.48. The van der Waals surface area contributed by atoms with E-state index in [1.165, 1.54) is 0 Å². The Labute approximate surface area is 244 Å². The number of aromatic nitrogens is 3. The van der Waals surface area contributed by atoms with Crippen molar-refractivity contribution >= 4 is 29.4 Å². The molecule has 2 heterocycles. The van der Waals surface area contributed by atoms with E-state index >= 15 is 0 Å². The number of nitrogens with two attached hydrogens (primary N) is 1. The van der Waals surface area contributed by atoms with Gasteiger partial charge in [0, 0.05) is 44.0 Å². The first-order valence-corrected chi connectivity index (χ1v) is 13.8. The number of carbonyl (C=O) groups excluding carboxylic acids is 1. The lowest BCUT2D eigenvalue weighted by Gasteiger charge is -2.12. The molecular weight excluding hydrogens is 544 g/mol. The van der Waals surface area contributed by atoms with Crippen LogP contribution < -0.4 is 36.5 Å². The van der Waals surface area contributed by atoms with Crippen molar-refractivity contribution in [3.05, 3.63) is 53.6 Å². The Morgan fingerprint density at radius 1 is 0.905 bits per heavy atom. The van der Waals surface area contributed by atoms with Crippen molar-refractivity contribution in [2.45, 2.75) is 19.4 Å². The van der Waals surface area contributed by atoms with Crippen LogP contribution in [-0.2, 0) is 27.2 Å². The van der Waals surface area contributed by atoms with Crippen LogP contribution in [-0.4, -0.2) is 85.4 Å². The molecule has 1 aliphatic heterocycles. The van der Waals surface area contributed by atoms with Gasteiger partial charge in [-0.25, -0.2) is 0 Å². The van der Waals surface area contributed by atoms with E-state index in [9.17, 15) is 4.79 Å². The Kier molecular flexibility index (Phi) is 12.3. The molecule has 0 saturated heterocycles. The highest BCUT2D eigenvalue weighted by atomic mass is 16.7. The number of benzene rings is 2. The predicted molar refractivity (Wildman–Crippen MR) is 157 cm³/mol. The Morgan fingerprint density at radius 3 is 2.45 bits per heavy atom. The van der Waals surface area contributed by atoms with Crippen LogP contribution in [0.25, 0.3) is 0 Å². The maximum atomic E-state index is 12.3. The molecule has 42 heavy (non-hydrogen) atoms. The highest BCUT2D eigenvalue weighted by molar-refractivity contribution is 5.78. The second-order valence-electron chi connectivity index (χ2n) is 9.18. The summed E-state index contributed by atoms with van der Waals surface area (Å²) in [4.78, 5) is 25.7. The van der Waals surface area contributed by atoms with Crippen LogP contribution in [0, 0.1) is 0 Å². The number of hydrogen-bond acceptors (Lipinski definition) is 13. The van der Waals surface area contributed by atoms with Gasteiger partial charge in [0.15, 0.2) is 11.5 Å². The molecule has 0 saturated carbocycles. The summed E-state index contributed by atoms with van der Waals surface area (Å²) in [6.45, 7) is 3.93. The van der Waals surface area contributed by atoms with E-state index in [-0.39, 0.29) is 25.7 Å². The van der Waals surface area contributed by atoms with Crippen molar-refractivity contribution < 1.29 is 28.8 Å². The van der Waals surface area contributed by atoms with Gasteiger partial charge in [0.25, 0.3) is 0 Å². The van der Waals surface area contributed by atoms with Gasteiger partial charge in [0.2, 0.25) is 30.5 Å². The van der Waals surface area contributed by atoms with Crippen molar-refractivity contribution in [1.82, 2.24) is 20.3 Å². The molecule has 14 heteroatoms. The highest BCUT2D eigenvalue weighted by Crippen LogP contribution is 2.35. The number of aliphatic hydroxyl groups excluding tert-OH is 1. The molecule has 3 aromatic rings. The first kappa shape index (κ1) is 30.7. The predicted octanol–water partition coefficient (Wildman–Crippen LogP) is 1.40. The fourth-order valence-electron chi connectivity index (χ4n) is 3.92. The summed E-state index contributed by atoms with van der Waals surface area (Å²) >= 11 is 0. The summed E-state index contributed by atoms with van der Waals surface area (Å²) in [5.41, 5.74) is 7.88. The molecule has 0 spiro atoms. The van der Waals surface area contributed by atoms with Crippen LogP contribution in [0.2, 0.25) is 0 Å². The van der Waals surface area contributed by atoms with Crippen molar-refractivity contribution in [1.29, 1.82) is 0 Å². The van der Waals surface area contributed by atoms with E-state index in [2.05, 4.69) is 36.2 Å². The number of ether oxygens (including phenoxy) is 4. The van der Waals surface area contributed by atoms with Gasteiger partial charge < -0.3 is 51.1 Å². The summed E-state index contributed by atoms with van der Waals surface area (Å²) < 4.78 is 21.7. The molecular formula is C28H38N8O6. The van der Waals surface area contributed by atoms with Crippen LogP contribution in [0.1, 0.15) is 17.5 Å². The third kappa shape index (κ3) is 9.99. The zero-order chi connectivity index (χ0) is 29.4. The van der Waals surface area contributed by atoms with Crippen molar-refractivity contribution in [2.24, 2.45) is 5.73 Å². The van der Waals surface area contributed by atoms with Crippen LogP contribution in [0.15, 0.2) is 42.5 Å². The lowest BCUT2D eigenvalue weighted by molar-refractivity contribution is -0.120. The number of rotatable bonds is 19. The molecule has 0 radical (unpaired) electrons. The third-order valence-corrected chi connectivity index (χ3v) is 5.95. The van der Waals surface area contributed by atoms with Gasteiger partial charge >= 0.3 is 0 Å². The van der Waals surface area contributed by atoms with Gasteiger partial charge in [-0.3, -0.25) is 4.79 Å². The van der Waals surface area contributed by atoms with Crippen LogP contribution in [0.4, 0.5) is 23.5 Å². The fourth-order valence-corrected chi connectivity index (χ4v) is 3.92. The number of nitrogens with zero attached hydrogens (tertiary/aromatic N) is 3. The van der Waals surface area contributed by atoms with Crippen LogP contribution in [0.3, 0.4) is 0 Å². The van der Waals surface area contributed by atoms with Crippen LogP contribution >= 0.6 is 0 Å². The number of nitrogens with one attached hydrogen (secondary N) is 4. The minimum atomic E-state index is -0.0912. The van der Waals surface area contributed by atoms with Gasteiger partial charge in [-0.2, -0.15) is 15.0 Å². The third-order valence-electron chi connectivity index (χ3n) is 5.95. The van der Waals surface area contributed by atoms with E-state index in [4.69, 9.17) is 29.8 Å². The smallest absolute Gasteiger partial charge is 0.233 e. The largest absolute Gasteiger partial charge is 0.454 e. The summed E-state index contributed by atoms with van der Waals surface area (Å²) in [7, 11) is 0. The van der Waals surface area contributed by atoms with Crippen molar-refractivity contribution in [3.63, 3.8) is 0 Å². The Hall–Kier alpha value is -4.24. The number of carbonyl (C=O) groups is 1. The van der Waals surface area contributed by atoms with Crippen molar-refractivity contribution in [2.75, 3.05) is 75.4 Å². The molecule has 1 aliphatic rings. The average molecular weight is 583 g/mol. The highest BCUT2D eigenvalue weighted by Gasteiger charge is 2.17. The molecule has 0 bridgehead atoms. The molecule has 0 fully saturated rings. The van der Waals surface area contributed by atoms with Crippen molar-refractivity contribution in [3.8, 4) is 11.5 Å². The topological polar surface area (TPSA) is 187 Å². The zero-order valence-electron chi connectivity index (χ0n) is 23.4. The van der Waals surface area contributed by atoms with E-state index in [0.29, 0.717) is 88.4 Å². The first-order valence-electron chi connectivity index (χ1n) is 13.8. The number of aliphatic hydroxyl groups is 1. The normalized spacial score (nSPS) is 11.8. The van der Waals surface area contributed by atoms with E-state index in [1.807, 2.05) is 42.5 Å². The minimum absolute atomic E-state index is 0.0543. The minimum Gasteiger partial charge on any atom is -0.454 e. The van der Waals surface area contributed by atoms with Gasteiger partial charge in [0.1, 0.15) is 0 Å². The van der Waals surface area contributed by atoms with Crippen LogP contribution in [0.5, 0.6) is 11.5 Å². The summed E-state index contributed by atoms with van der Waals surface area (Å²) in [6.07, 6.45) is 0.799. The maximum absolute atomic E-state index is 12.3. The monoisotopic (exact) mass is 582 g/mol. The van der Waals surface area contributed by atoms with Gasteiger partial charge in [-0.15, -0.1) is 0 Å². The second kappa shape index (κ2) is 16.9. The quantitative estimate of drug-likeness (QED) is 0.111. The molecule has 0 atom stereocenters. The fraction of sp³-hybridized carbons (Fsp3) is 0.429. The lowest BCUT2D eigenvalue weighted by Crippen LogP contribution is -2.29. The molecule has 0 unspecified atom stereocenters. The van der Waals surface area contributed by atoms with E-state index in [1.54, 1.807) is 0 Å².